The first kappa shape index (κ1) is 12.0. The molecule has 0 radical (unpaired) electrons. The van der Waals surface area contributed by atoms with Crippen LogP contribution in [-0.4, -0.2) is 10.4 Å². The van der Waals surface area contributed by atoms with Gasteiger partial charge >= 0.3 is 0 Å². The van der Waals surface area contributed by atoms with Gasteiger partial charge < -0.3 is 4.57 Å². The number of hydrogen-bond donors (Lipinski definition) is 0. The average molecular weight is 351 g/mol. The fourth-order valence-electron chi connectivity index (χ4n) is 2.07. The van der Waals surface area contributed by atoms with Gasteiger partial charge in [0.05, 0.1) is 0 Å². The van der Waals surface area contributed by atoms with Crippen molar-refractivity contribution in [1.29, 1.82) is 0 Å². The van der Waals surface area contributed by atoms with Crippen LogP contribution >= 0.6 is 22.6 Å². The van der Waals surface area contributed by atoms with Crippen LogP contribution in [0, 0.1) is 9.49 Å². The van der Waals surface area contributed by atoms with Crippen LogP contribution in [0.3, 0.4) is 0 Å². The normalized spacial score (nSPS) is 14.7. The lowest BCUT2D eigenvalue weighted by Crippen LogP contribution is -2.00. The zero-order chi connectivity index (χ0) is 12.5. The molecule has 1 aromatic heterocycles. The maximum Gasteiger partial charge on any atom is 0.167 e. The Balaban J connectivity index is 1.73. The van der Waals surface area contributed by atoms with Crippen LogP contribution in [0.25, 0.3) is 0 Å². The number of benzene rings is 1. The van der Waals surface area contributed by atoms with E-state index in [1.165, 1.54) is 9.13 Å². The second-order valence-corrected chi connectivity index (χ2v) is 6.08. The summed E-state index contributed by atoms with van der Waals surface area (Å²) in [5, 5.41) is 0. The predicted molar refractivity (Wildman–Crippen MR) is 79.7 cm³/mol. The third-order valence-electron chi connectivity index (χ3n) is 3.26. The van der Waals surface area contributed by atoms with Crippen molar-refractivity contribution >= 4 is 28.4 Å². The number of aromatic nitrogens is 1. The molecule has 3 heteroatoms. The first-order valence-corrected chi connectivity index (χ1v) is 7.25. The summed E-state index contributed by atoms with van der Waals surface area (Å²) in [5.74, 6) is 0.621. The molecular formula is C15H14INO. The molecule has 2 aromatic rings. The van der Waals surface area contributed by atoms with Crippen molar-refractivity contribution in [2.24, 2.45) is 5.92 Å². The molecule has 0 N–H and O–H groups in total. The summed E-state index contributed by atoms with van der Waals surface area (Å²) in [6, 6.07) is 10.4. The molecule has 0 spiro atoms. The van der Waals surface area contributed by atoms with E-state index in [1.54, 1.807) is 0 Å². The van der Waals surface area contributed by atoms with Crippen LogP contribution < -0.4 is 0 Å². The molecule has 1 saturated carbocycles. The smallest absolute Gasteiger partial charge is 0.167 e. The van der Waals surface area contributed by atoms with Crippen LogP contribution in [0.15, 0.2) is 42.7 Å². The Kier molecular flexibility index (Phi) is 3.24. The van der Waals surface area contributed by atoms with Gasteiger partial charge in [-0.3, -0.25) is 4.79 Å². The maximum absolute atomic E-state index is 11.9. The monoisotopic (exact) mass is 351 g/mol. The molecule has 1 aromatic carbocycles. The summed E-state index contributed by atoms with van der Waals surface area (Å²) >= 11 is 2.30. The molecule has 0 unspecified atom stereocenters. The van der Waals surface area contributed by atoms with Crippen molar-refractivity contribution in [2.75, 3.05) is 0 Å². The van der Waals surface area contributed by atoms with Gasteiger partial charge in [-0.1, -0.05) is 12.1 Å². The molecule has 0 atom stereocenters. The fourth-order valence-corrected chi connectivity index (χ4v) is 2.43. The lowest BCUT2D eigenvalue weighted by molar-refractivity contribution is 0.0967. The quantitative estimate of drug-likeness (QED) is 0.608. The summed E-state index contributed by atoms with van der Waals surface area (Å²) < 4.78 is 3.33. The number of carbonyl (C=O) groups excluding carboxylic acids is 1. The van der Waals surface area contributed by atoms with Gasteiger partial charge in [0, 0.05) is 34.0 Å². The van der Waals surface area contributed by atoms with E-state index in [2.05, 4.69) is 51.4 Å². The van der Waals surface area contributed by atoms with Crippen molar-refractivity contribution in [3.63, 3.8) is 0 Å². The summed E-state index contributed by atoms with van der Waals surface area (Å²) in [7, 11) is 0. The Morgan fingerprint density at radius 1 is 1.22 bits per heavy atom. The van der Waals surface area contributed by atoms with Crippen LogP contribution in [-0.2, 0) is 6.54 Å². The molecule has 18 heavy (non-hydrogen) atoms. The topological polar surface area (TPSA) is 22.0 Å². The van der Waals surface area contributed by atoms with Crippen molar-refractivity contribution in [3.05, 3.63) is 57.4 Å². The Labute approximate surface area is 120 Å². The molecule has 1 heterocycles. The van der Waals surface area contributed by atoms with E-state index in [0.717, 1.165) is 24.9 Å². The lowest BCUT2D eigenvalue weighted by Gasteiger charge is -2.03. The van der Waals surface area contributed by atoms with Gasteiger partial charge in [-0.2, -0.15) is 0 Å². The zero-order valence-corrected chi connectivity index (χ0v) is 12.1. The second-order valence-electron chi connectivity index (χ2n) is 4.84. The predicted octanol–water partition coefficient (Wildman–Crippen LogP) is 3.73. The minimum absolute atomic E-state index is 0.305. The number of Topliss-reactive ketones (excluding diaryl/α,β-unsaturated/α-hetero) is 1. The second kappa shape index (κ2) is 4.88. The number of halogens is 1. The molecule has 2 nitrogen and oxygen atoms in total. The Morgan fingerprint density at radius 2 is 1.94 bits per heavy atom. The van der Waals surface area contributed by atoms with E-state index >= 15 is 0 Å². The van der Waals surface area contributed by atoms with E-state index in [-0.39, 0.29) is 0 Å². The van der Waals surface area contributed by atoms with Gasteiger partial charge in [0.25, 0.3) is 0 Å². The Hall–Kier alpha value is -1.10. The highest BCUT2D eigenvalue weighted by Crippen LogP contribution is 2.32. The van der Waals surface area contributed by atoms with Crippen LogP contribution in [0.4, 0.5) is 0 Å². The van der Waals surface area contributed by atoms with E-state index < -0.39 is 0 Å². The van der Waals surface area contributed by atoms with Crippen LogP contribution in [0.5, 0.6) is 0 Å². The largest absolute Gasteiger partial charge is 0.349 e. The minimum Gasteiger partial charge on any atom is -0.349 e. The van der Waals surface area contributed by atoms with Crippen molar-refractivity contribution in [3.8, 4) is 0 Å². The third-order valence-corrected chi connectivity index (χ3v) is 3.98. The van der Waals surface area contributed by atoms with E-state index in [9.17, 15) is 4.79 Å². The molecular weight excluding hydrogens is 337 g/mol. The highest BCUT2D eigenvalue weighted by atomic mass is 127. The van der Waals surface area contributed by atoms with Crippen molar-refractivity contribution in [2.45, 2.75) is 19.4 Å². The molecule has 1 aliphatic rings. The summed E-state index contributed by atoms with van der Waals surface area (Å²) in [6.07, 6.45) is 6.11. The highest BCUT2D eigenvalue weighted by Gasteiger charge is 2.30. The number of hydrogen-bond acceptors (Lipinski definition) is 1. The van der Waals surface area contributed by atoms with Crippen LogP contribution in [0.2, 0.25) is 0 Å². The first-order valence-electron chi connectivity index (χ1n) is 6.17. The van der Waals surface area contributed by atoms with Gasteiger partial charge in [-0.15, -0.1) is 0 Å². The lowest BCUT2D eigenvalue weighted by atomic mass is 10.1. The van der Waals surface area contributed by atoms with Gasteiger partial charge in [0.15, 0.2) is 5.78 Å². The van der Waals surface area contributed by atoms with Crippen molar-refractivity contribution < 1.29 is 4.79 Å². The van der Waals surface area contributed by atoms with E-state index in [4.69, 9.17) is 0 Å². The zero-order valence-electron chi connectivity index (χ0n) is 9.97. The molecule has 0 saturated heterocycles. The standard InChI is InChI=1S/C15H14INO/c16-14-5-1-11(2-6-14)9-17-8-7-13(10-17)15(18)12-3-4-12/h1-2,5-8,10,12H,3-4,9H2. The molecule has 3 rings (SSSR count). The van der Waals surface area contributed by atoms with Gasteiger partial charge in [-0.05, 0) is 59.2 Å². The number of rotatable bonds is 4. The molecule has 1 fully saturated rings. The van der Waals surface area contributed by atoms with Gasteiger partial charge in [-0.25, -0.2) is 0 Å². The van der Waals surface area contributed by atoms with E-state index in [0.29, 0.717) is 11.7 Å². The highest BCUT2D eigenvalue weighted by molar-refractivity contribution is 14.1. The number of carbonyl (C=O) groups is 1. The molecule has 0 bridgehead atoms. The minimum atomic E-state index is 0.305. The fraction of sp³-hybridized carbons (Fsp3) is 0.267. The van der Waals surface area contributed by atoms with E-state index in [1.807, 2.05) is 18.5 Å². The maximum atomic E-state index is 11.9. The SMILES string of the molecule is O=C(c1ccn(Cc2ccc(I)cc2)c1)C1CC1. The molecule has 92 valence electrons. The molecule has 1 aliphatic carbocycles. The summed E-state index contributed by atoms with van der Waals surface area (Å²) in [4.78, 5) is 11.9. The van der Waals surface area contributed by atoms with Crippen molar-refractivity contribution in [1.82, 2.24) is 4.57 Å². The summed E-state index contributed by atoms with van der Waals surface area (Å²) in [6.45, 7) is 0.828. The average Bonchev–Trinajstić information content (AvgIpc) is 3.12. The molecule has 0 amide bonds. The third kappa shape index (κ3) is 2.66. The van der Waals surface area contributed by atoms with Gasteiger partial charge in [0.1, 0.15) is 0 Å². The number of nitrogens with zero attached hydrogens (tertiary/aromatic N) is 1. The summed E-state index contributed by atoms with van der Waals surface area (Å²) in [5.41, 5.74) is 2.12. The Bertz CT molecular complexity index is 566. The Morgan fingerprint density at radius 3 is 2.61 bits per heavy atom. The number of ketones is 1. The van der Waals surface area contributed by atoms with Crippen LogP contribution in [0.1, 0.15) is 28.8 Å². The van der Waals surface area contributed by atoms with Gasteiger partial charge in [0.2, 0.25) is 0 Å². The first-order chi connectivity index (χ1) is 8.72. The molecule has 0 aliphatic heterocycles.